The summed E-state index contributed by atoms with van der Waals surface area (Å²) in [6, 6.07) is 13.0. The van der Waals surface area contributed by atoms with Crippen molar-refractivity contribution in [2.75, 3.05) is 13.7 Å². The molecule has 0 aliphatic rings. The van der Waals surface area contributed by atoms with Crippen LogP contribution >= 0.6 is 0 Å². The van der Waals surface area contributed by atoms with E-state index in [1.165, 1.54) is 31.4 Å². The van der Waals surface area contributed by atoms with Crippen LogP contribution in [0.2, 0.25) is 0 Å². The minimum Gasteiger partial charge on any atom is -0.496 e. The Balaban J connectivity index is 1.97. The number of nitrogens with one attached hydrogen (secondary N) is 1. The van der Waals surface area contributed by atoms with Gasteiger partial charge in [0.2, 0.25) is 5.88 Å². The number of hydrogen-bond acceptors (Lipinski definition) is 6. The summed E-state index contributed by atoms with van der Waals surface area (Å²) in [5, 5.41) is 26.9. The molecule has 0 fully saturated rings. The van der Waals surface area contributed by atoms with Gasteiger partial charge in [0.25, 0.3) is 5.91 Å². The fourth-order valence-electron chi connectivity index (χ4n) is 3.36. The molecule has 3 aromatic rings. The van der Waals surface area contributed by atoms with Crippen LogP contribution in [0.25, 0.3) is 5.69 Å². The third-order valence-corrected chi connectivity index (χ3v) is 5.94. The Labute approximate surface area is 208 Å². The number of aliphatic hydroxyl groups is 1. The molecule has 2 atom stereocenters. The fraction of sp³-hybridized carbons (Fsp3) is 0.346. The zero-order chi connectivity index (χ0) is 26.5. The highest BCUT2D eigenvalue weighted by Crippen LogP contribution is 2.29. The van der Waals surface area contributed by atoms with Crippen LogP contribution in [-0.2, 0) is 4.79 Å². The molecule has 2 aromatic carbocycles. The normalized spacial score (nSPS) is 13.6. The highest BCUT2D eigenvalue weighted by Gasteiger charge is 2.28. The van der Waals surface area contributed by atoms with Gasteiger partial charge in [-0.15, -0.1) is 0 Å². The number of carboxylic acids is 1. The molecule has 1 aromatic heterocycles. The zero-order valence-electron chi connectivity index (χ0n) is 20.6. The van der Waals surface area contributed by atoms with E-state index in [1.807, 2.05) is 13.8 Å². The van der Waals surface area contributed by atoms with E-state index in [1.54, 1.807) is 37.3 Å². The molecule has 1 heterocycles. The number of amides is 1. The average Bonchev–Trinajstić information content (AvgIpc) is 3.26. The zero-order valence-corrected chi connectivity index (χ0v) is 20.6. The van der Waals surface area contributed by atoms with Crippen molar-refractivity contribution in [3.63, 3.8) is 0 Å². The Kier molecular flexibility index (Phi) is 8.31. The first-order chi connectivity index (χ1) is 17.0. The molecule has 9 nitrogen and oxygen atoms in total. The SMILES string of the molecule is COc1ccccc1[C@H](CC(=O)O)NC(=O)c1cc(OC[C@@](C)(O)C(C)C)n(-c2ccccc2F)n1. The summed E-state index contributed by atoms with van der Waals surface area (Å²) < 4.78 is 26.8. The lowest BCUT2D eigenvalue weighted by molar-refractivity contribution is -0.137. The van der Waals surface area contributed by atoms with Crippen LogP contribution < -0.4 is 14.8 Å². The quantitative estimate of drug-likeness (QED) is 0.367. The summed E-state index contributed by atoms with van der Waals surface area (Å²) in [4.78, 5) is 24.7. The van der Waals surface area contributed by atoms with E-state index < -0.39 is 35.8 Å². The number of aromatic nitrogens is 2. The first-order valence-corrected chi connectivity index (χ1v) is 11.4. The summed E-state index contributed by atoms with van der Waals surface area (Å²) in [5.74, 6) is -2.08. The summed E-state index contributed by atoms with van der Waals surface area (Å²) in [6.45, 7) is 5.14. The van der Waals surface area contributed by atoms with E-state index in [9.17, 15) is 24.2 Å². The summed E-state index contributed by atoms with van der Waals surface area (Å²) in [6.07, 6.45) is -0.402. The maximum atomic E-state index is 14.6. The Bertz CT molecular complexity index is 1220. The van der Waals surface area contributed by atoms with E-state index >= 15 is 0 Å². The van der Waals surface area contributed by atoms with Gasteiger partial charge in [0, 0.05) is 11.6 Å². The molecule has 0 bridgehead atoms. The van der Waals surface area contributed by atoms with Crippen LogP contribution in [0.3, 0.4) is 0 Å². The molecule has 36 heavy (non-hydrogen) atoms. The van der Waals surface area contributed by atoms with Gasteiger partial charge >= 0.3 is 5.97 Å². The monoisotopic (exact) mass is 499 g/mol. The number of para-hydroxylation sites is 2. The molecule has 0 unspecified atom stereocenters. The van der Waals surface area contributed by atoms with Crippen LogP contribution in [-0.4, -0.2) is 51.2 Å². The van der Waals surface area contributed by atoms with Crippen LogP contribution in [0.1, 0.15) is 49.3 Å². The second kappa shape index (κ2) is 11.2. The third-order valence-electron chi connectivity index (χ3n) is 5.94. The summed E-state index contributed by atoms with van der Waals surface area (Å²) in [7, 11) is 1.45. The molecule has 0 aliphatic carbocycles. The molecule has 0 spiro atoms. The molecule has 1 amide bonds. The molecular weight excluding hydrogens is 469 g/mol. The van der Waals surface area contributed by atoms with Crippen molar-refractivity contribution in [3.8, 4) is 17.3 Å². The molecule has 3 N–H and O–H groups in total. The van der Waals surface area contributed by atoms with Gasteiger partial charge in [-0.05, 0) is 31.0 Å². The second-order valence-electron chi connectivity index (χ2n) is 8.90. The lowest BCUT2D eigenvalue weighted by atomic mass is 9.94. The van der Waals surface area contributed by atoms with E-state index in [-0.39, 0.29) is 29.8 Å². The number of methoxy groups -OCH3 is 1. The summed E-state index contributed by atoms with van der Waals surface area (Å²) in [5.41, 5.74) is -0.789. The van der Waals surface area contributed by atoms with Gasteiger partial charge in [-0.3, -0.25) is 9.59 Å². The number of benzene rings is 2. The largest absolute Gasteiger partial charge is 0.496 e. The lowest BCUT2D eigenvalue weighted by Gasteiger charge is -2.27. The predicted octanol–water partition coefficient (Wildman–Crippen LogP) is 3.75. The molecule has 192 valence electrons. The number of halogens is 1. The van der Waals surface area contributed by atoms with Crippen LogP contribution in [0.15, 0.2) is 54.6 Å². The van der Waals surface area contributed by atoms with Crippen molar-refractivity contribution in [2.45, 2.75) is 38.8 Å². The third kappa shape index (κ3) is 6.19. The molecular formula is C26H30FN3O6. The standard InChI is InChI=1S/C26H30FN3O6/c1-16(2)26(3,34)15-36-23-13-20(29-30(23)21-11-7-6-10-18(21)27)25(33)28-19(14-24(31)32)17-9-5-8-12-22(17)35-4/h5-13,16,19,34H,14-15H2,1-4H3,(H,28,33)(H,31,32)/t19-,26+/m0/s1. The maximum absolute atomic E-state index is 14.6. The first-order valence-electron chi connectivity index (χ1n) is 11.4. The predicted molar refractivity (Wildman–Crippen MR) is 130 cm³/mol. The second-order valence-corrected chi connectivity index (χ2v) is 8.90. The van der Waals surface area contributed by atoms with Crippen LogP contribution in [0.4, 0.5) is 4.39 Å². The number of carbonyl (C=O) groups is 2. The average molecular weight is 500 g/mol. The molecule has 0 radical (unpaired) electrons. The number of carboxylic acid groups (broad SMARTS) is 1. The molecule has 10 heteroatoms. The minimum atomic E-state index is -1.19. The van der Waals surface area contributed by atoms with Gasteiger partial charge in [0.1, 0.15) is 23.9 Å². The van der Waals surface area contributed by atoms with Crippen molar-refractivity contribution in [3.05, 3.63) is 71.7 Å². The van der Waals surface area contributed by atoms with Crippen molar-refractivity contribution < 1.29 is 33.7 Å². The van der Waals surface area contributed by atoms with E-state index in [0.717, 1.165) is 4.68 Å². The van der Waals surface area contributed by atoms with Gasteiger partial charge in [-0.2, -0.15) is 9.78 Å². The summed E-state index contributed by atoms with van der Waals surface area (Å²) >= 11 is 0. The topological polar surface area (TPSA) is 123 Å². The van der Waals surface area contributed by atoms with Gasteiger partial charge < -0.3 is 25.0 Å². The Hall–Kier alpha value is -3.92. The Morgan fingerprint density at radius 3 is 2.47 bits per heavy atom. The number of nitrogens with zero attached hydrogens (tertiary/aromatic N) is 2. The minimum absolute atomic E-state index is 0.0400. The lowest BCUT2D eigenvalue weighted by Crippen LogP contribution is -2.38. The molecule has 3 rings (SSSR count). The number of ether oxygens (including phenoxy) is 2. The Morgan fingerprint density at radius 2 is 1.83 bits per heavy atom. The van der Waals surface area contributed by atoms with Gasteiger partial charge in [0.15, 0.2) is 5.69 Å². The molecule has 0 aliphatic heterocycles. The molecule has 0 saturated heterocycles. The van der Waals surface area contributed by atoms with Gasteiger partial charge in [-0.1, -0.05) is 44.2 Å². The van der Waals surface area contributed by atoms with Crippen molar-refractivity contribution >= 4 is 11.9 Å². The smallest absolute Gasteiger partial charge is 0.305 e. The highest BCUT2D eigenvalue weighted by molar-refractivity contribution is 5.93. The fourth-order valence-corrected chi connectivity index (χ4v) is 3.36. The highest BCUT2D eigenvalue weighted by atomic mass is 19.1. The van der Waals surface area contributed by atoms with Gasteiger partial charge in [-0.25, -0.2) is 4.39 Å². The number of carbonyl (C=O) groups excluding carboxylic acids is 1. The van der Waals surface area contributed by atoms with Crippen LogP contribution in [0, 0.1) is 11.7 Å². The number of aliphatic carboxylic acids is 1. The molecule has 0 saturated carbocycles. The van der Waals surface area contributed by atoms with Crippen molar-refractivity contribution in [1.82, 2.24) is 15.1 Å². The first kappa shape index (κ1) is 26.7. The van der Waals surface area contributed by atoms with Crippen molar-refractivity contribution in [2.24, 2.45) is 5.92 Å². The van der Waals surface area contributed by atoms with Gasteiger partial charge in [0.05, 0.1) is 25.2 Å². The van der Waals surface area contributed by atoms with E-state index in [0.29, 0.717) is 11.3 Å². The maximum Gasteiger partial charge on any atom is 0.305 e. The van der Waals surface area contributed by atoms with E-state index in [4.69, 9.17) is 9.47 Å². The Morgan fingerprint density at radius 1 is 1.17 bits per heavy atom. The van der Waals surface area contributed by atoms with Crippen molar-refractivity contribution in [1.29, 1.82) is 0 Å². The van der Waals surface area contributed by atoms with E-state index in [2.05, 4.69) is 10.4 Å². The number of hydrogen-bond donors (Lipinski definition) is 3. The van der Waals surface area contributed by atoms with Crippen LogP contribution in [0.5, 0.6) is 11.6 Å². The number of rotatable bonds is 11.